The lowest BCUT2D eigenvalue weighted by molar-refractivity contribution is 0.0693. The summed E-state index contributed by atoms with van der Waals surface area (Å²) in [7, 11) is 4.96. The van der Waals surface area contributed by atoms with Gasteiger partial charge in [0.15, 0.2) is 0 Å². The molecule has 6 heteroatoms. The summed E-state index contributed by atoms with van der Waals surface area (Å²) in [6, 6.07) is 7.17. The summed E-state index contributed by atoms with van der Waals surface area (Å²) in [5, 5.41) is 9.53. The first-order chi connectivity index (χ1) is 11.5. The Morgan fingerprint density at radius 1 is 1.33 bits per heavy atom. The van der Waals surface area contributed by atoms with Crippen molar-refractivity contribution in [2.75, 3.05) is 21.3 Å². The molecular weight excluding hydrogens is 308 g/mol. The number of aromatic nitrogens is 1. The highest BCUT2D eigenvalue weighted by Gasteiger charge is 2.21. The van der Waals surface area contributed by atoms with E-state index in [1.165, 1.54) is 20.3 Å². The zero-order valence-corrected chi connectivity index (χ0v) is 14.3. The molecule has 0 fully saturated rings. The zero-order chi connectivity index (χ0) is 17.7. The van der Waals surface area contributed by atoms with Gasteiger partial charge < -0.3 is 14.6 Å². The van der Waals surface area contributed by atoms with E-state index in [0.717, 1.165) is 5.56 Å². The molecule has 1 heterocycles. The highest BCUT2D eigenvalue weighted by atomic mass is 16.5. The second-order valence-electron chi connectivity index (χ2n) is 5.54. The van der Waals surface area contributed by atoms with E-state index < -0.39 is 5.97 Å². The fraction of sp³-hybridized carbons (Fsp3) is 0.333. The number of carboxylic acid groups (broad SMARTS) is 1. The summed E-state index contributed by atoms with van der Waals surface area (Å²) in [5.74, 6) is -0.0578. The van der Waals surface area contributed by atoms with Gasteiger partial charge in [-0.3, -0.25) is 9.88 Å². The van der Waals surface area contributed by atoms with Crippen LogP contribution in [0.5, 0.6) is 11.5 Å². The fourth-order valence-electron chi connectivity index (χ4n) is 2.54. The van der Waals surface area contributed by atoms with Crippen LogP contribution >= 0.6 is 0 Å². The van der Waals surface area contributed by atoms with Crippen LogP contribution in [-0.4, -0.2) is 42.2 Å². The van der Waals surface area contributed by atoms with Crippen LogP contribution in [-0.2, 0) is 6.54 Å². The third-order valence-electron chi connectivity index (χ3n) is 4.10. The van der Waals surface area contributed by atoms with Gasteiger partial charge in [-0.25, -0.2) is 4.79 Å². The van der Waals surface area contributed by atoms with Crippen molar-refractivity contribution in [3.8, 4) is 11.5 Å². The molecule has 0 aliphatic heterocycles. The van der Waals surface area contributed by atoms with Crippen molar-refractivity contribution in [2.24, 2.45) is 0 Å². The number of benzene rings is 1. The number of carbonyl (C=O) groups is 1. The maximum Gasteiger partial charge on any atom is 0.336 e. The largest absolute Gasteiger partial charge is 0.497 e. The van der Waals surface area contributed by atoms with E-state index in [4.69, 9.17) is 9.47 Å². The molecule has 1 N–H and O–H groups in total. The minimum Gasteiger partial charge on any atom is -0.497 e. The number of methoxy groups -OCH3 is 2. The van der Waals surface area contributed by atoms with Crippen molar-refractivity contribution in [1.29, 1.82) is 0 Å². The molecule has 6 nitrogen and oxygen atoms in total. The van der Waals surface area contributed by atoms with Crippen molar-refractivity contribution >= 4 is 5.97 Å². The van der Waals surface area contributed by atoms with Gasteiger partial charge in [0.2, 0.25) is 0 Å². The molecule has 0 saturated heterocycles. The number of nitrogens with zero attached hydrogens (tertiary/aromatic N) is 2. The van der Waals surface area contributed by atoms with Gasteiger partial charge in [-0.1, -0.05) is 6.07 Å². The molecule has 0 aliphatic carbocycles. The van der Waals surface area contributed by atoms with Gasteiger partial charge in [0, 0.05) is 36.6 Å². The van der Waals surface area contributed by atoms with Crippen molar-refractivity contribution in [1.82, 2.24) is 9.88 Å². The number of pyridine rings is 1. The Bertz CT molecular complexity index is 704. The van der Waals surface area contributed by atoms with E-state index in [1.807, 2.05) is 37.2 Å². The average Bonchev–Trinajstić information content (AvgIpc) is 2.61. The van der Waals surface area contributed by atoms with Gasteiger partial charge in [0.25, 0.3) is 0 Å². The zero-order valence-electron chi connectivity index (χ0n) is 14.3. The lowest BCUT2D eigenvalue weighted by Crippen LogP contribution is -2.23. The van der Waals surface area contributed by atoms with Crippen LogP contribution in [0.1, 0.15) is 34.5 Å². The van der Waals surface area contributed by atoms with Crippen LogP contribution in [0.4, 0.5) is 0 Å². The van der Waals surface area contributed by atoms with Crippen molar-refractivity contribution in [2.45, 2.75) is 19.5 Å². The predicted molar refractivity (Wildman–Crippen MR) is 90.6 cm³/mol. The number of aromatic carboxylic acids is 1. The van der Waals surface area contributed by atoms with Crippen LogP contribution in [0.25, 0.3) is 0 Å². The minimum atomic E-state index is -1.01. The summed E-state index contributed by atoms with van der Waals surface area (Å²) in [4.78, 5) is 17.8. The normalized spacial score (nSPS) is 12.0. The van der Waals surface area contributed by atoms with Crippen molar-refractivity contribution < 1.29 is 19.4 Å². The van der Waals surface area contributed by atoms with Gasteiger partial charge in [-0.15, -0.1) is 0 Å². The van der Waals surface area contributed by atoms with Crippen LogP contribution in [0.3, 0.4) is 0 Å². The van der Waals surface area contributed by atoms with Crippen LogP contribution in [0.2, 0.25) is 0 Å². The molecule has 1 atom stereocenters. The van der Waals surface area contributed by atoms with E-state index in [-0.39, 0.29) is 11.6 Å². The van der Waals surface area contributed by atoms with E-state index in [1.54, 1.807) is 12.3 Å². The Morgan fingerprint density at radius 3 is 2.62 bits per heavy atom. The third-order valence-corrected chi connectivity index (χ3v) is 4.10. The maximum atomic E-state index is 11.6. The van der Waals surface area contributed by atoms with E-state index in [2.05, 4.69) is 4.98 Å². The van der Waals surface area contributed by atoms with Crippen molar-refractivity contribution in [3.63, 3.8) is 0 Å². The lowest BCUT2D eigenvalue weighted by atomic mass is 10.0. The molecule has 24 heavy (non-hydrogen) atoms. The molecule has 2 rings (SSSR count). The van der Waals surface area contributed by atoms with E-state index in [0.29, 0.717) is 23.6 Å². The Hall–Kier alpha value is -2.60. The van der Waals surface area contributed by atoms with Gasteiger partial charge in [-0.2, -0.15) is 0 Å². The Balaban J connectivity index is 2.35. The molecular formula is C18H22N2O4. The Kier molecular flexibility index (Phi) is 5.76. The molecule has 0 radical (unpaired) electrons. The van der Waals surface area contributed by atoms with Crippen LogP contribution in [0.15, 0.2) is 36.7 Å². The number of hydrogen-bond acceptors (Lipinski definition) is 5. The maximum absolute atomic E-state index is 11.6. The molecule has 2 aromatic rings. The monoisotopic (exact) mass is 330 g/mol. The average molecular weight is 330 g/mol. The second kappa shape index (κ2) is 7.79. The molecule has 1 aromatic heterocycles. The first-order valence-corrected chi connectivity index (χ1v) is 7.56. The molecule has 0 saturated carbocycles. The molecule has 0 spiro atoms. The first-order valence-electron chi connectivity index (χ1n) is 7.56. The first kappa shape index (κ1) is 17.7. The summed E-state index contributed by atoms with van der Waals surface area (Å²) in [5.41, 5.74) is 1.85. The second-order valence-corrected chi connectivity index (χ2v) is 5.54. The molecule has 0 amide bonds. The lowest BCUT2D eigenvalue weighted by Gasteiger charge is -2.26. The molecule has 0 unspecified atom stereocenters. The number of ether oxygens (including phenoxy) is 2. The summed E-state index contributed by atoms with van der Waals surface area (Å²) >= 11 is 0. The quantitative estimate of drug-likeness (QED) is 0.841. The fourth-order valence-corrected chi connectivity index (χ4v) is 2.54. The number of carboxylic acids is 1. The molecule has 1 aromatic carbocycles. The number of hydrogen-bond donors (Lipinski definition) is 1. The highest BCUT2D eigenvalue weighted by molar-refractivity contribution is 5.91. The molecule has 0 aliphatic rings. The molecule has 0 bridgehead atoms. The van der Waals surface area contributed by atoms with E-state index >= 15 is 0 Å². The van der Waals surface area contributed by atoms with Crippen LogP contribution in [0, 0.1) is 0 Å². The summed E-state index contributed by atoms with van der Waals surface area (Å²) < 4.78 is 10.5. The predicted octanol–water partition coefficient (Wildman–Crippen LogP) is 2.99. The summed E-state index contributed by atoms with van der Waals surface area (Å²) in [6.45, 7) is 2.47. The van der Waals surface area contributed by atoms with Gasteiger partial charge in [-0.05, 0) is 31.7 Å². The SMILES string of the molecule is COc1cc(OC)c(CN(C)[C@H](C)c2cccnc2)c(C(=O)O)c1. The van der Waals surface area contributed by atoms with Crippen molar-refractivity contribution in [3.05, 3.63) is 53.3 Å². The van der Waals surface area contributed by atoms with Crippen LogP contribution < -0.4 is 9.47 Å². The van der Waals surface area contributed by atoms with E-state index in [9.17, 15) is 9.90 Å². The van der Waals surface area contributed by atoms with Gasteiger partial charge >= 0.3 is 5.97 Å². The number of rotatable bonds is 7. The Labute approximate surface area is 141 Å². The van der Waals surface area contributed by atoms with Gasteiger partial charge in [0.1, 0.15) is 11.5 Å². The smallest absolute Gasteiger partial charge is 0.336 e. The Morgan fingerprint density at radius 2 is 2.08 bits per heavy atom. The topological polar surface area (TPSA) is 71.9 Å². The standard InChI is InChI=1S/C18H22N2O4/c1-12(13-6-5-7-19-10-13)20(2)11-16-15(18(21)22)8-14(23-3)9-17(16)24-4/h5-10,12H,11H2,1-4H3,(H,21,22)/t12-/m1/s1. The van der Waals surface area contributed by atoms with Gasteiger partial charge in [0.05, 0.1) is 19.8 Å². The minimum absolute atomic E-state index is 0.0761. The highest BCUT2D eigenvalue weighted by Crippen LogP contribution is 2.31. The molecule has 128 valence electrons. The summed E-state index contributed by atoms with van der Waals surface area (Å²) in [6.07, 6.45) is 3.54. The third kappa shape index (κ3) is 3.83.